The van der Waals surface area contributed by atoms with Crippen molar-refractivity contribution < 1.29 is 37.1 Å². The Morgan fingerprint density at radius 1 is 1.00 bits per heavy atom. The summed E-state index contributed by atoms with van der Waals surface area (Å²) in [6.45, 7) is 1.93. The van der Waals surface area contributed by atoms with Crippen LogP contribution in [0, 0.1) is 22.9 Å². The number of nitrogens with two attached hydrogens (primary N) is 1. The van der Waals surface area contributed by atoms with Crippen molar-refractivity contribution in [1.29, 1.82) is 0 Å². The fourth-order valence-electron chi connectivity index (χ4n) is 6.42. The smallest absolute Gasteiger partial charge is 0.416 e. The van der Waals surface area contributed by atoms with Crippen LogP contribution < -0.4 is 26.6 Å². The number of hydrogen-bond acceptors (Lipinski definition) is 9. The molecule has 1 aliphatic rings. The molecule has 0 radical (unpaired) electrons. The number of hydrogen-bond donors (Lipinski definition) is 2. The quantitative estimate of drug-likeness (QED) is 0.0801. The Hall–Kier alpha value is -5.55. The Bertz CT molecular complexity index is 2090. The number of halogens is 4. The number of carboxylic acid groups (broad SMARTS) is 1. The number of anilines is 1. The standard InChI is InChI=1S/C36H38F4N6O7/c1-23-33(43-16-14-42(15-17-43)20-24-7-4-8-25(19-24)46(51)52)34(49)45(22-30(41)26-9-2-3-12-31(26)53-18-6-13-32(47)48)35(50)44(23)21-27-28(36(38,39)40)10-5-11-29(27)37/h2-5,7-12,19,30H,6,13-18,20-22,41H2,1H3,(H,47,48)/t30-/m0/s1. The maximum Gasteiger partial charge on any atom is 0.416 e. The molecular formula is C36H38F4N6O7. The van der Waals surface area contributed by atoms with Gasteiger partial charge < -0.3 is 20.5 Å². The number of para-hydroxylation sites is 1. The highest BCUT2D eigenvalue weighted by Crippen LogP contribution is 2.34. The van der Waals surface area contributed by atoms with E-state index in [2.05, 4.69) is 0 Å². The molecule has 1 saturated heterocycles. The van der Waals surface area contributed by atoms with E-state index in [1.165, 1.54) is 19.1 Å². The summed E-state index contributed by atoms with van der Waals surface area (Å²) in [7, 11) is 0. The molecule has 0 aliphatic carbocycles. The van der Waals surface area contributed by atoms with Crippen LogP contribution >= 0.6 is 0 Å². The fourth-order valence-corrected chi connectivity index (χ4v) is 6.42. The molecule has 4 aromatic rings. The highest BCUT2D eigenvalue weighted by molar-refractivity contribution is 5.66. The third kappa shape index (κ3) is 9.10. The van der Waals surface area contributed by atoms with Gasteiger partial charge in [-0.05, 0) is 37.1 Å². The summed E-state index contributed by atoms with van der Waals surface area (Å²) in [5.74, 6) is -1.87. The fraction of sp³-hybridized carbons (Fsp3) is 0.361. The molecule has 3 N–H and O–H groups in total. The molecule has 0 unspecified atom stereocenters. The maximum absolute atomic E-state index is 15.1. The summed E-state index contributed by atoms with van der Waals surface area (Å²) in [5, 5.41) is 20.2. The molecule has 1 aromatic heterocycles. The maximum atomic E-state index is 15.1. The monoisotopic (exact) mass is 742 g/mol. The number of piperazine rings is 1. The lowest BCUT2D eigenvalue weighted by atomic mass is 10.1. The molecule has 1 atom stereocenters. The minimum absolute atomic E-state index is 0.0369. The normalized spacial score (nSPS) is 14.3. The third-order valence-electron chi connectivity index (χ3n) is 9.10. The van der Waals surface area contributed by atoms with E-state index in [1.54, 1.807) is 41.3 Å². The molecule has 0 spiro atoms. The second-order valence-electron chi connectivity index (χ2n) is 12.7. The van der Waals surface area contributed by atoms with Gasteiger partial charge in [0.05, 0.1) is 36.2 Å². The Morgan fingerprint density at radius 3 is 2.38 bits per heavy atom. The van der Waals surface area contributed by atoms with Gasteiger partial charge in [-0.3, -0.25) is 33.7 Å². The number of benzene rings is 3. The summed E-state index contributed by atoms with van der Waals surface area (Å²) in [4.78, 5) is 53.8. The number of nitro benzene ring substituents is 1. The van der Waals surface area contributed by atoms with Gasteiger partial charge in [0.1, 0.15) is 17.3 Å². The lowest BCUT2D eigenvalue weighted by Gasteiger charge is -2.37. The van der Waals surface area contributed by atoms with Crippen LogP contribution in [0.4, 0.5) is 28.9 Å². The largest absolute Gasteiger partial charge is 0.493 e. The molecule has 0 bridgehead atoms. The number of non-ortho nitro benzene ring substituents is 1. The van der Waals surface area contributed by atoms with E-state index >= 15 is 4.39 Å². The van der Waals surface area contributed by atoms with Crippen LogP contribution in [0.3, 0.4) is 0 Å². The first-order chi connectivity index (χ1) is 25.1. The zero-order valence-corrected chi connectivity index (χ0v) is 28.7. The Morgan fingerprint density at radius 2 is 1.70 bits per heavy atom. The van der Waals surface area contributed by atoms with Gasteiger partial charge in [-0.1, -0.05) is 36.4 Å². The SMILES string of the molecule is Cc1c(N2CCN(Cc3cccc([N+](=O)[O-])c3)CC2)c(=O)n(C[C@H](N)c2ccccc2OCCCC(=O)O)c(=O)n1Cc1c(F)cccc1C(F)(F)F. The predicted octanol–water partition coefficient (Wildman–Crippen LogP) is 4.70. The van der Waals surface area contributed by atoms with Crippen molar-refractivity contribution in [3.05, 3.63) is 131 Å². The van der Waals surface area contributed by atoms with E-state index in [-0.39, 0.29) is 49.6 Å². The van der Waals surface area contributed by atoms with E-state index in [4.69, 9.17) is 15.6 Å². The molecule has 282 valence electrons. The number of carboxylic acids is 1. The molecule has 0 amide bonds. The molecular weight excluding hydrogens is 704 g/mol. The Balaban J connectivity index is 1.51. The van der Waals surface area contributed by atoms with Crippen LogP contribution in [0.15, 0.2) is 76.3 Å². The molecule has 17 heteroatoms. The first-order valence-corrected chi connectivity index (χ1v) is 16.7. The van der Waals surface area contributed by atoms with Crippen molar-refractivity contribution in [2.24, 2.45) is 5.73 Å². The highest BCUT2D eigenvalue weighted by Gasteiger charge is 2.35. The van der Waals surface area contributed by atoms with Crippen molar-refractivity contribution in [2.45, 2.75) is 51.6 Å². The van der Waals surface area contributed by atoms with Crippen molar-refractivity contribution in [3.63, 3.8) is 0 Å². The van der Waals surface area contributed by atoms with Gasteiger partial charge in [0.25, 0.3) is 11.2 Å². The number of aromatic nitrogens is 2. The number of rotatable bonds is 14. The van der Waals surface area contributed by atoms with Gasteiger partial charge in [0.2, 0.25) is 0 Å². The molecule has 53 heavy (non-hydrogen) atoms. The predicted molar refractivity (Wildman–Crippen MR) is 187 cm³/mol. The third-order valence-corrected chi connectivity index (χ3v) is 9.10. The lowest BCUT2D eigenvalue weighted by Crippen LogP contribution is -2.51. The van der Waals surface area contributed by atoms with Crippen molar-refractivity contribution in [1.82, 2.24) is 14.0 Å². The molecule has 3 aromatic carbocycles. The number of aliphatic carboxylic acids is 1. The first kappa shape index (κ1) is 38.7. The van der Waals surface area contributed by atoms with Crippen LogP contribution in [-0.2, 0) is 30.6 Å². The Kier molecular flexibility index (Phi) is 12.0. The van der Waals surface area contributed by atoms with Crippen molar-refractivity contribution in [3.8, 4) is 5.75 Å². The van der Waals surface area contributed by atoms with E-state index < -0.39 is 64.4 Å². The van der Waals surface area contributed by atoms with E-state index in [9.17, 15) is 37.7 Å². The minimum atomic E-state index is -4.93. The second kappa shape index (κ2) is 16.4. The van der Waals surface area contributed by atoms with Gasteiger partial charge in [-0.15, -0.1) is 0 Å². The van der Waals surface area contributed by atoms with E-state index in [1.807, 2.05) is 4.90 Å². The summed E-state index contributed by atoms with van der Waals surface area (Å²) in [5.41, 5.74) is 3.93. The van der Waals surface area contributed by atoms with Gasteiger partial charge in [-0.2, -0.15) is 13.2 Å². The first-order valence-electron chi connectivity index (χ1n) is 16.7. The van der Waals surface area contributed by atoms with Gasteiger partial charge in [0, 0.05) is 68.1 Å². The molecule has 2 heterocycles. The van der Waals surface area contributed by atoms with E-state index in [0.29, 0.717) is 36.5 Å². The number of ether oxygens (including phenoxy) is 1. The van der Waals surface area contributed by atoms with Crippen molar-refractivity contribution in [2.75, 3.05) is 37.7 Å². The topological polar surface area (TPSA) is 166 Å². The number of nitro groups is 1. The molecule has 0 saturated carbocycles. The molecule has 5 rings (SSSR count). The zero-order valence-electron chi connectivity index (χ0n) is 28.7. The van der Waals surface area contributed by atoms with Crippen molar-refractivity contribution >= 4 is 17.3 Å². The summed E-state index contributed by atoms with van der Waals surface area (Å²) in [6, 6.07) is 14.2. The van der Waals surface area contributed by atoms with Crippen LogP contribution in [0.2, 0.25) is 0 Å². The minimum Gasteiger partial charge on any atom is -0.493 e. The number of nitrogens with zero attached hydrogens (tertiary/aromatic N) is 5. The number of alkyl halides is 3. The zero-order chi connectivity index (χ0) is 38.4. The van der Waals surface area contributed by atoms with Crippen LogP contribution in [-0.4, -0.2) is 62.8 Å². The molecule has 13 nitrogen and oxygen atoms in total. The van der Waals surface area contributed by atoms with Gasteiger partial charge in [-0.25, -0.2) is 9.18 Å². The second-order valence-corrected chi connectivity index (χ2v) is 12.7. The summed E-state index contributed by atoms with van der Waals surface area (Å²) >= 11 is 0. The summed E-state index contributed by atoms with van der Waals surface area (Å²) < 4.78 is 64.8. The lowest BCUT2D eigenvalue weighted by molar-refractivity contribution is -0.384. The van der Waals surface area contributed by atoms with Crippen LogP contribution in [0.5, 0.6) is 5.75 Å². The average Bonchev–Trinajstić information content (AvgIpc) is 3.11. The Labute approximate surface area is 300 Å². The van der Waals surface area contributed by atoms with Crippen LogP contribution in [0.25, 0.3) is 0 Å². The van der Waals surface area contributed by atoms with Gasteiger partial charge in [0.15, 0.2) is 0 Å². The van der Waals surface area contributed by atoms with Crippen LogP contribution in [0.1, 0.15) is 46.8 Å². The molecule has 1 aliphatic heterocycles. The van der Waals surface area contributed by atoms with Gasteiger partial charge >= 0.3 is 17.8 Å². The number of carbonyl (C=O) groups is 1. The summed E-state index contributed by atoms with van der Waals surface area (Å²) in [6.07, 6.45) is -4.85. The molecule has 1 fully saturated rings. The highest BCUT2D eigenvalue weighted by atomic mass is 19.4. The van der Waals surface area contributed by atoms with E-state index in [0.717, 1.165) is 27.3 Å². The average molecular weight is 743 g/mol.